The highest BCUT2D eigenvalue weighted by Crippen LogP contribution is 2.23. The van der Waals surface area contributed by atoms with Gasteiger partial charge in [-0.2, -0.15) is 4.98 Å². The van der Waals surface area contributed by atoms with Crippen LogP contribution in [0.2, 0.25) is 0 Å². The number of aliphatic hydroxyl groups is 1. The van der Waals surface area contributed by atoms with Crippen LogP contribution in [0.5, 0.6) is 0 Å². The van der Waals surface area contributed by atoms with Gasteiger partial charge in [0.15, 0.2) is 0 Å². The average Bonchev–Trinajstić information content (AvgIpc) is 2.55. The third-order valence-electron chi connectivity index (χ3n) is 3.11. The highest BCUT2D eigenvalue weighted by Gasteiger charge is 2.07. The normalized spacial score (nSPS) is 10.2. The molecule has 0 saturated carbocycles. The topological polar surface area (TPSA) is 70.1 Å². The molecule has 0 radical (unpaired) electrons. The molecule has 1 aromatic heterocycles. The number of anilines is 3. The van der Waals surface area contributed by atoms with Crippen molar-refractivity contribution in [3.63, 3.8) is 0 Å². The van der Waals surface area contributed by atoms with Crippen LogP contribution in [-0.4, -0.2) is 28.2 Å². The number of benzene rings is 2. The Morgan fingerprint density at radius 1 is 1.00 bits per heavy atom. The smallest absolute Gasteiger partial charge is 0.229 e. The number of aromatic nitrogens is 2. The summed E-state index contributed by atoms with van der Waals surface area (Å²) in [6.07, 6.45) is 0. The van der Waals surface area contributed by atoms with E-state index in [4.69, 9.17) is 5.11 Å². The van der Waals surface area contributed by atoms with Crippen LogP contribution in [0.25, 0.3) is 10.9 Å². The Hall–Kier alpha value is -2.44. The molecule has 23 heavy (non-hydrogen) atoms. The molecule has 1 heterocycles. The number of rotatable bonds is 5. The van der Waals surface area contributed by atoms with Crippen molar-refractivity contribution in [2.24, 2.45) is 0 Å². The van der Waals surface area contributed by atoms with Gasteiger partial charge >= 0.3 is 0 Å². The summed E-state index contributed by atoms with van der Waals surface area (Å²) in [5, 5.41) is 16.0. The van der Waals surface area contributed by atoms with Gasteiger partial charge in [0.25, 0.3) is 0 Å². The third kappa shape index (κ3) is 4.06. The van der Waals surface area contributed by atoms with Crippen molar-refractivity contribution >= 4 is 40.8 Å². The molecule has 0 spiro atoms. The highest BCUT2D eigenvalue weighted by atomic mass is 35.5. The number of fused-ring (bicyclic) bond motifs is 1. The maximum atomic E-state index is 12.9. The van der Waals surface area contributed by atoms with Gasteiger partial charge in [0.1, 0.15) is 11.6 Å². The zero-order chi connectivity index (χ0) is 15.4. The van der Waals surface area contributed by atoms with Gasteiger partial charge in [0.05, 0.1) is 12.1 Å². The SMILES string of the molecule is Cl.OCCNc1nc(Nc2ccc(F)cc2)nc2ccccc12. The average molecular weight is 335 g/mol. The van der Waals surface area contributed by atoms with Gasteiger partial charge in [-0.15, -0.1) is 12.4 Å². The first-order chi connectivity index (χ1) is 10.8. The van der Waals surface area contributed by atoms with Crippen molar-refractivity contribution in [2.75, 3.05) is 23.8 Å². The molecule has 0 amide bonds. The van der Waals surface area contributed by atoms with Gasteiger partial charge in [-0.1, -0.05) is 12.1 Å². The zero-order valence-corrected chi connectivity index (χ0v) is 13.0. The minimum Gasteiger partial charge on any atom is -0.395 e. The Balaban J connectivity index is 0.00000192. The maximum Gasteiger partial charge on any atom is 0.229 e. The van der Waals surface area contributed by atoms with Crippen molar-refractivity contribution in [2.45, 2.75) is 0 Å². The molecule has 120 valence electrons. The summed E-state index contributed by atoms with van der Waals surface area (Å²) in [5.41, 5.74) is 1.48. The van der Waals surface area contributed by atoms with E-state index in [0.29, 0.717) is 24.0 Å². The molecule has 3 rings (SSSR count). The lowest BCUT2D eigenvalue weighted by Gasteiger charge is -2.11. The van der Waals surface area contributed by atoms with Crippen LogP contribution in [0, 0.1) is 5.82 Å². The summed E-state index contributed by atoms with van der Waals surface area (Å²) in [6, 6.07) is 13.6. The predicted octanol–water partition coefficient (Wildman–Crippen LogP) is 3.34. The number of para-hydroxylation sites is 1. The van der Waals surface area contributed by atoms with E-state index in [9.17, 15) is 4.39 Å². The Bertz CT molecular complexity index is 783. The summed E-state index contributed by atoms with van der Waals surface area (Å²) < 4.78 is 12.9. The molecule has 7 heteroatoms. The first-order valence-electron chi connectivity index (χ1n) is 6.90. The van der Waals surface area contributed by atoms with E-state index >= 15 is 0 Å². The van der Waals surface area contributed by atoms with Gasteiger partial charge in [-0.25, -0.2) is 9.37 Å². The van der Waals surface area contributed by atoms with Crippen LogP contribution in [0.4, 0.5) is 21.8 Å². The number of hydrogen-bond acceptors (Lipinski definition) is 5. The van der Waals surface area contributed by atoms with E-state index in [1.165, 1.54) is 12.1 Å². The fraction of sp³-hybridized carbons (Fsp3) is 0.125. The molecule has 0 unspecified atom stereocenters. The van der Waals surface area contributed by atoms with Crippen LogP contribution in [0.1, 0.15) is 0 Å². The lowest BCUT2D eigenvalue weighted by molar-refractivity contribution is 0.311. The molecular weight excluding hydrogens is 319 g/mol. The number of halogens is 2. The van der Waals surface area contributed by atoms with Crippen LogP contribution < -0.4 is 10.6 Å². The highest BCUT2D eigenvalue weighted by molar-refractivity contribution is 5.90. The Morgan fingerprint density at radius 2 is 1.74 bits per heavy atom. The first kappa shape index (κ1) is 16.9. The third-order valence-corrected chi connectivity index (χ3v) is 3.11. The molecule has 2 aromatic carbocycles. The molecule has 0 fully saturated rings. The minimum absolute atomic E-state index is 0. The second kappa shape index (κ2) is 7.71. The van der Waals surface area contributed by atoms with Gasteiger partial charge in [0.2, 0.25) is 5.95 Å². The summed E-state index contributed by atoms with van der Waals surface area (Å²) in [4.78, 5) is 8.86. The quantitative estimate of drug-likeness (QED) is 0.667. The second-order valence-electron chi connectivity index (χ2n) is 4.70. The molecule has 0 aliphatic heterocycles. The number of nitrogens with one attached hydrogen (secondary N) is 2. The maximum absolute atomic E-state index is 12.9. The molecule has 0 saturated heterocycles. The van der Waals surface area contributed by atoms with Crippen molar-refractivity contribution in [3.05, 3.63) is 54.3 Å². The van der Waals surface area contributed by atoms with E-state index < -0.39 is 0 Å². The van der Waals surface area contributed by atoms with Gasteiger partial charge in [-0.3, -0.25) is 0 Å². The summed E-state index contributed by atoms with van der Waals surface area (Å²) in [6.45, 7) is 0.413. The molecule has 5 nitrogen and oxygen atoms in total. The van der Waals surface area contributed by atoms with Gasteiger partial charge in [-0.05, 0) is 36.4 Å². The van der Waals surface area contributed by atoms with Crippen LogP contribution in [0.15, 0.2) is 48.5 Å². The standard InChI is InChI=1S/C16H15FN4O.ClH/c17-11-5-7-12(8-6-11)19-16-20-14-4-2-1-3-13(14)15(21-16)18-9-10-22;/h1-8,22H,9-10H2,(H2,18,19,20,21);1H. The van der Waals surface area contributed by atoms with Gasteiger partial charge in [0, 0.05) is 17.6 Å². The van der Waals surface area contributed by atoms with E-state index in [1.54, 1.807) is 12.1 Å². The molecule has 0 bridgehead atoms. The van der Waals surface area contributed by atoms with Crippen molar-refractivity contribution in [1.82, 2.24) is 9.97 Å². The molecule has 0 aliphatic rings. The van der Waals surface area contributed by atoms with Crippen molar-refractivity contribution in [3.8, 4) is 0 Å². The number of hydrogen-bond donors (Lipinski definition) is 3. The van der Waals surface area contributed by atoms with E-state index in [-0.39, 0.29) is 24.8 Å². The van der Waals surface area contributed by atoms with E-state index in [0.717, 1.165) is 10.9 Å². The summed E-state index contributed by atoms with van der Waals surface area (Å²) >= 11 is 0. The van der Waals surface area contributed by atoms with Crippen molar-refractivity contribution < 1.29 is 9.50 Å². The second-order valence-corrected chi connectivity index (χ2v) is 4.70. The largest absolute Gasteiger partial charge is 0.395 e. The Morgan fingerprint density at radius 3 is 2.48 bits per heavy atom. The molecular formula is C16H16ClFN4O. The van der Waals surface area contributed by atoms with Crippen molar-refractivity contribution in [1.29, 1.82) is 0 Å². The van der Waals surface area contributed by atoms with Gasteiger partial charge < -0.3 is 15.7 Å². The summed E-state index contributed by atoms with van der Waals surface area (Å²) in [7, 11) is 0. The van der Waals surface area contributed by atoms with Crippen LogP contribution >= 0.6 is 12.4 Å². The molecule has 3 N–H and O–H groups in total. The minimum atomic E-state index is -0.296. The summed E-state index contributed by atoms with van der Waals surface area (Å²) in [5.74, 6) is 0.755. The Kier molecular flexibility index (Phi) is 5.67. The number of aliphatic hydroxyl groups excluding tert-OH is 1. The Labute approximate surface area is 139 Å². The lowest BCUT2D eigenvalue weighted by Crippen LogP contribution is -2.09. The van der Waals surface area contributed by atoms with Crippen LogP contribution in [-0.2, 0) is 0 Å². The fourth-order valence-corrected chi connectivity index (χ4v) is 2.10. The molecule has 0 atom stereocenters. The van der Waals surface area contributed by atoms with E-state index in [2.05, 4.69) is 20.6 Å². The predicted molar refractivity (Wildman–Crippen MR) is 92.0 cm³/mol. The molecule has 0 aliphatic carbocycles. The first-order valence-corrected chi connectivity index (χ1v) is 6.90. The van der Waals surface area contributed by atoms with E-state index in [1.807, 2.05) is 24.3 Å². The lowest BCUT2D eigenvalue weighted by atomic mass is 10.2. The molecule has 3 aromatic rings. The zero-order valence-electron chi connectivity index (χ0n) is 12.2. The monoisotopic (exact) mass is 334 g/mol. The number of nitrogens with zero attached hydrogens (tertiary/aromatic N) is 2. The fourth-order valence-electron chi connectivity index (χ4n) is 2.10. The van der Waals surface area contributed by atoms with Crippen LogP contribution in [0.3, 0.4) is 0 Å².